The summed E-state index contributed by atoms with van der Waals surface area (Å²) >= 11 is 1.60. The molecule has 0 radical (unpaired) electrons. The third-order valence-corrected chi connectivity index (χ3v) is 7.76. The van der Waals surface area contributed by atoms with Gasteiger partial charge in [-0.3, -0.25) is 4.79 Å². The van der Waals surface area contributed by atoms with Crippen molar-refractivity contribution >= 4 is 22.4 Å². The third-order valence-electron chi connectivity index (χ3n) is 6.81. The number of amides is 1. The first kappa shape index (κ1) is 14.3. The lowest BCUT2D eigenvalue weighted by Crippen LogP contribution is -2.55. The molecule has 0 spiro atoms. The maximum absolute atomic E-state index is 13.1. The zero-order valence-corrected chi connectivity index (χ0v) is 14.3. The van der Waals surface area contributed by atoms with Gasteiger partial charge in [-0.15, -0.1) is 11.3 Å². The number of rotatable bonds is 2. The Kier molecular flexibility index (Phi) is 3.07. The number of aromatic nitrogens is 1. The first-order valence-corrected chi connectivity index (χ1v) is 9.96. The third kappa shape index (κ3) is 2.31. The number of thiazole rings is 1. The molecular weight excluding hydrogens is 306 g/mol. The molecule has 1 aromatic rings. The van der Waals surface area contributed by atoms with Gasteiger partial charge in [-0.05, 0) is 69.1 Å². The summed E-state index contributed by atoms with van der Waals surface area (Å²) in [7, 11) is 0. The van der Waals surface area contributed by atoms with E-state index < -0.39 is 0 Å². The predicted molar refractivity (Wildman–Crippen MR) is 91.1 cm³/mol. The van der Waals surface area contributed by atoms with Crippen LogP contribution in [0.4, 0.5) is 5.13 Å². The van der Waals surface area contributed by atoms with E-state index in [0.717, 1.165) is 62.0 Å². The molecule has 4 saturated carbocycles. The molecule has 1 atom stereocenters. The predicted octanol–water partition coefficient (Wildman–Crippen LogP) is 2.92. The van der Waals surface area contributed by atoms with Crippen molar-refractivity contribution in [2.24, 2.45) is 23.2 Å². The molecule has 1 heterocycles. The van der Waals surface area contributed by atoms with Gasteiger partial charge in [0.25, 0.3) is 0 Å². The second kappa shape index (κ2) is 4.95. The topological polar surface area (TPSA) is 68.0 Å². The van der Waals surface area contributed by atoms with Gasteiger partial charge in [-0.1, -0.05) is 0 Å². The van der Waals surface area contributed by atoms with Gasteiger partial charge in [0.05, 0.1) is 5.69 Å². The molecule has 0 saturated heterocycles. The van der Waals surface area contributed by atoms with Crippen molar-refractivity contribution in [1.82, 2.24) is 10.3 Å². The van der Waals surface area contributed by atoms with Crippen molar-refractivity contribution in [3.05, 3.63) is 10.6 Å². The molecule has 5 aliphatic carbocycles. The number of anilines is 1. The molecule has 3 N–H and O–H groups in total. The lowest BCUT2D eigenvalue weighted by molar-refractivity contribution is -0.147. The number of aryl methyl sites for hydroxylation is 1. The number of nitrogen functional groups attached to an aromatic ring is 1. The van der Waals surface area contributed by atoms with Gasteiger partial charge in [0.1, 0.15) is 0 Å². The van der Waals surface area contributed by atoms with Crippen LogP contribution in [0.3, 0.4) is 0 Å². The second-order valence-corrected chi connectivity index (χ2v) is 9.65. The van der Waals surface area contributed by atoms with Gasteiger partial charge >= 0.3 is 0 Å². The summed E-state index contributed by atoms with van der Waals surface area (Å²) in [6.45, 7) is 0. The molecule has 4 fully saturated rings. The molecule has 124 valence electrons. The molecule has 4 nitrogen and oxygen atoms in total. The number of nitrogens with two attached hydrogens (primary N) is 1. The summed E-state index contributed by atoms with van der Waals surface area (Å²) in [5.41, 5.74) is 6.96. The first-order valence-electron chi connectivity index (χ1n) is 9.15. The van der Waals surface area contributed by atoms with Gasteiger partial charge in [0, 0.05) is 22.8 Å². The number of carbonyl (C=O) groups is 1. The summed E-state index contributed by atoms with van der Waals surface area (Å²) in [4.78, 5) is 18.8. The van der Waals surface area contributed by atoms with Crippen molar-refractivity contribution in [3.8, 4) is 0 Å². The molecule has 23 heavy (non-hydrogen) atoms. The Bertz CT molecular complexity index is 617. The number of hydrogen-bond acceptors (Lipinski definition) is 4. The minimum Gasteiger partial charge on any atom is -0.375 e. The van der Waals surface area contributed by atoms with E-state index in [1.165, 1.54) is 24.1 Å². The van der Waals surface area contributed by atoms with Gasteiger partial charge in [-0.25, -0.2) is 4.98 Å². The first-order chi connectivity index (χ1) is 11.1. The summed E-state index contributed by atoms with van der Waals surface area (Å²) < 4.78 is 0. The van der Waals surface area contributed by atoms with Crippen LogP contribution in [0, 0.1) is 23.2 Å². The van der Waals surface area contributed by atoms with E-state index in [1.54, 1.807) is 11.3 Å². The fraction of sp³-hybridized carbons (Fsp3) is 0.778. The molecule has 6 rings (SSSR count). The van der Waals surface area contributed by atoms with Crippen molar-refractivity contribution in [2.75, 3.05) is 5.73 Å². The van der Waals surface area contributed by atoms with Crippen LogP contribution in [0.25, 0.3) is 0 Å². The number of carbonyl (C=O) groups excluding carboxylic acids is 1. The van der Waals surface area contributed by atoms with Crippen molar-refractivity contribution < 1.29 is 4.79 Å². The molecule has 1 amide bonds. The Morgan fingerprint density at radius 1 is 1.17 bits per heavy atom. The minimum atomic E-state index is -0.0260. The number of fused-ring (bicyclic) bond motifs is 1. The fourth-order valence-corrected chi connectivity index (χ4v) is 7.20. The molecule has 4 bridgehead atoms. The van der Waals surface area contributed by atoms with Gasteiger partial charge in [0.2, 0.25) is 5.91 Å². The Morgan fingerprint density at radius 2 is 1.83 bits per heavy atom. The zero-order valence-electron chi connectivity index (χ0n) is 13.5. The van der Waals surface area contributed by atoms with Crippen LogP contribution in [-0.2, 0) is 17.6 Å². The number of nitrogens with one attached hydrogen (secondary N) is 1. The SMILES string of the molecule is Nc1nc2c(s1)CC(NC(=O)C13CC4CC(CC(C4)C1)C3)CC2. The van der Waals surface area contributed by atoms with E-state index >= 15 is 0 Å². The molecule has 5 heteroatoms. The van der Waals surface area contributed by atoms with E-state index in [1.807, 2.05) is 0 Å². The Morgan fingerprint density at radius 3 is 2.48 bits per heavy atom. The maximum Gasteiger partial charge on any atom is 0.226 e. The van der Waals surface area contributed by atoms with Crippen LogP contribution < -0.4 is 11.1 Å². The van der Waals surface area contributed by atoms with Gasteiger partial charge in [-0.2, -0.15) is 0 Å². The monoisotopic (exact) mass is 331 g/mol. The smallest absolute Gasteiger partial charge is 0.226 e. The van der Waals surface area contributed by atoms with Gasteiger partial charge < -0.3 is 11.1 Å². The molecular formula is C18H25N3OS. The Balaban J connectivity index is 1.31. The van der Waals surface area contributed by atoms with Gasteiger partial charge in [0.15, 0.2) is 5.13 Å². The average Bonchev–Trinajstić information content (AvgIpc) is 2.85. The highest BCUT2D eigenvalue weighted by molar-refractivity contribution is 7.15. The van der Waals surface area contributed by atoms with E-state index in [9.17, 15) is 4.79 Å². The summed E-state index contributed by atoms with van der Waals surface area (Å²) in [5, 5.41) is 4.09. The van der Waals surface area contributed by atoms with Crippen LogP contribution in [0.2, 0.25) is 0 Å². The van der Waals surface area contributed by atoms with E-state index in [2.05, 4.69) is 10.3 Å². The van der Waals surface area contributed by atoms with E-state index in [-0.39, 0.29) is 11.5 Å². The summed E-state index contributed by atoms with van der Waals surface area (Å²) in [6, 6.07) is 0.280. The summed E-state index contributed by atoms with van der Waals surface area (Å²) in [6.07, 6.45) is 10.5. The van der Waals surface area contributed by atoms with Crippen molar-refractivity contribution in [1.29, 1.82) is 0 Å². The molecule has 1 aromatic heterocycles. The fourth-order valence-electron chi connectivity index (χ4n) is 6.25. The molecule has 0 aliphatic heterocycles. The molecule has 5 aliphatic rings. The normalized spacial score (nSPS) is 40.9. The quantitative estimate of drug-likeness (QED) is 0.875. The minimum absolute atomic E-state index is 0.0260. The lowest BCUT2D eigenvalue weighted by Gasteiger charge is -2.56. The largest absolute Gasteiger partial charge is 0.375 e. The van der Waals surface area contributed by atoms with Crippen molar-refractivity contribution in [3.63, 3.8) is 0 Å². The molecule has 1 unspecified atom stereocenters. The Hall–Kier alpha value is -1.10. The van der Waals surface area contributed by atoms with Crippen LogP contribution in [0.15, 0.2) is 0 Å². The zero-order chi connectivity index (χ0) is 15.6. The highest BCUT2D eigenvalue weighted by Gasteiger charge is 2.54. The highest BCUT2D eigenvalue weighted by atomic mass is 32.1. The standard InChI is InChI=1S/C18H25N3OS/c19-17-21-14-2-1-13(6-15(14)23-17)20-16(22)18-7-10-3-11(8-18)5-12(4-10)9-18/h10-13H,1-9H2,(H2,19,21)(H,20,22). The van der Waals surface area contributed by atoms with Crippen LogP contribution in [0.1, 0.15) is 55.5 Å². The second-order valence-electron chi connectivity index (χ2n) is 8.53. The van der Waals surface area contributed by atoms with E-state index in [4.69, 9.17) is 5.73 Å². The maximum atomic E-state index is 13.1. The van der Waals surface area contributed by atoms with Crippen molar-refractivity contribution in [2.45, 2.75) is 63.8 Å². The Labute approximate surface area is 141 Å². The summed E-state index contributed by atoms with van der Waals surface area (Å²) in [5.74, 6) is 2.84. The van der Waals surface area contributed by atoms with Crippen LogP contribution in [0.5, 0.6) is 0 Å². The highest BCUT2D eigenvalue weighted by Crippen LogP contribution is 2.60. The number of hydrogen-bond donors (Lipinski definition) is 2. The van der Waals surface area contributed by atoms with Crippen LogP contribution >= 0.6 is 11.3 Å². The molecule has 0 aromatic carbocycles. The lowest BCUT2D eigenvalue weighted by atomic mass is 9.49. The van der Waals surface area contributed by atoms with E-state index in [0.29, 0.717) is 11.0 Å². The number of nitrogens with zero attached hydrogens (tertiary/aromatic N) is 1. The average molecular weight is 331 g/mol. The van der Waals surface area contributed by atoms with Crippen LogP contribution in [-0.4, -0.2) is 16.9 Å².